The van der Waals surface area contributed by atoms with Gasteiger partial charge in [0.2, 0.25) is 0 Å². The summed E-state index contributed by atoms with van der Waals surface area (Å²) in [6.45, 7) is 11.9. The third-order valence-electron chi connectivity index (χ3n) is 2.59. The third kappa shape index (κ3) is 9.16. The summed E-state index contributed by atoms with van der Waals surface area (Å²) >= 11 is 4.44. The van der Waals surface area contributed by atoms with Gasteiger partial charge in [0.15, 0.2) is 0 Å². The van der Waals surface area contributed by atoms with Crippen molar-refractivity contribution in [1.29, 1.82) is 0 Å². The molecule has 0 spiro atoms. The van der Waals surface area contributed by atoms with Crippen LogP contribution in [0.4, 0.5) is 0 Å². The zero-order valence-electron chi connectivity index (χ0n) is 12.8. The van der Waals surface area contributed by atoms with Gasteiger partial charge in [0.05, 0.1) is 17.1 Å². The minimum absolute atomic E-state index is 0.00345. The van der Waals surface area contributed by atoms with E-state index in [2.05, 4.69) is 44.0 Å². The predicted molar refractivity (Wildman–Crippen MR) is 80.4 cm³/mol. The Morgan fingerprint density at radius 1 is 0.889 bits per heavy atom. The normalized spacial score (nSPS) is 16.7. The molecule has 2 N–H and O–H groups in total. The van der Waals surface area contributed by atoms with Gasteiger partial charge in [0, 0.05) is 32.8 Å². The van der Waals surface area contributed by atoms with Crippen molar-refractivity contribution < 1.29 is 9.47 Å². The molecule has 0 fully saturated rings. The lowest BCUT2D eigenvalue weighted by molar-refractivity contribution is -0.0366. The molecule has 0 aromatic rings. The molecule has 0 aromatic carbocycles. The summed E-state index contributed by atoms with van der Waals surface area (Å²) in [6, 6.07) is 0. The molecule has 4 nitrogen and oxygen atoms in total. The van der Waals surface area contributed by atoms with Gasteiger partial charge in [-0.1, -0.05) is 0 Å². The van der Waals surface area contributed by atoms with Crippen LogP contribution in [0.25, 0.3) is 0 Å². The maximum atomic E-state index is 5.51. The molecule has 18 heavy (non-hydrogen) atoms. The van der Waals surface area contributed by atoms with E-state index in [-0.39, 0.29) is 22.6 Å². The van der Waals surface area contributed by atoms with E-state index in [4.69, 9.17) is 9.47 Å². The number of thiol groups is 1. The fraction of sp³-hybridized carbons (Fsp3) is 1.00. The van der Waals surface area contributed by atoms with Gasteiger partial charge in [0.25, 0.3) is 0 Å². The van der Waals surface area contributed by atoms with Gasteiger partial charge in [-0.25, -0.2) is 0 Å². The van der Waals surface area contributed by atoms with Crippen molar-refractivity contribution in [3.8, 4) is 0 Å². The number of methoxy groups -OCH3 is 2. The fourth-order valence-electron chi connectivity index (χ4n) is 1.49. The predicted octanol–water partition coefficient (Wildman–Crippen LogP) is 1.66. The van der Waals surface area contributed by atoms with Gasteiger partial charge >= 0.3 is 0 Å². The molecule has 5 heteroatoms. The number of rotatable bonds is 8. The molecule has 0 aliphatic rings. The SMILES string of the molecule is COC(CNC(C)(C)C)C(CNC(C)(C)S)OC. The second kappa shape index (κ2) is 7.70. The standard InChI is InChI=1S/C13H30N2O2S/c1-12(2,3)14-8-10(16-6)11(17-7)9-15-13(4,5)18/h10-11,14-15,18H,8-9H2,1-7H3. The van der Waals surface area contributed by atoms with Crippen molar-refractivity contribution in [2.45, 2.75) is 57.2 Å². The molecule has 0 amide bonds. The van der Waals surface area contributed by atoms with E-state index in [9.17, 15) is 0 Å². The maximum absolute atomic E-state index is 5.51. The Bertz CT molecular complexity index is 200. The first-order valence-corrected chi connectivity index (χ1v) is 6.82. The molecule has 0 rings (SSSR count). The Balaban J connectivity index is 4.30. The van der Waals surface area contributed by atoms with Crippen molar-refractivity contribution in [2.75, 3.05) is 27.3 Å². The first kappa shape index (κ1) is 18.2. The first-order chi connectivity index (χ1) is 8.09. The van der Waals surface area contributed by atoms with E-state index >= 15 is 0 Å². The summed E-state index contributed by atoms with van der Waals surface area (Å²) in [7, 11) is 3.42. The Kier molecular flexibility index (Phi) is 7.78. The lowest BCUT2D eigenvalue weighted by Crippen LogP contribution is -2.50. The molecule has 0 heterocycles. The van der Waals surface area contributed by atoms with Crippen LogP contribution in [-0.2, 0) is 9.47 Å². The zero-order valence-corrected chi connectivity index (χ0v) is 13.7. The molecule has 0 radical (unpaired) electrons. The van der Waals surface area contributed by atoms with E-state index in [1.54, 1.807) is 14.2 Å². The summed E-state index contributed by atoms with van der Waals surface area (Å²) in [6.07, 6.45) is 0.00804. The van der Waals surface area contributed by atoms with Gasteiger partial charge in [-0.3, -0.25) is 0 Å². The van der Waals surface area contributed by atoms with Crippen molar-refractivity contribution in [3.63, 3.8) is 0 Å². The molecule has 2 unspecified atom stereocenters. The smallest absolute Gasteiger partial charge is 0.0969 e. The summed E-state index contributed by atoms with van der Waals surface area (Å²) in [5.74, 6) is 0. The summed E-state index contributed by atoms with van der Waals surface area (Å²) in [5.41, 5.74) is 0.0747. The highest BCUT2D eigenvalue weighted by Crippen LogP contribution is 2.09. The van der Waals surface area contributed by atoms with Crippen LogP contribution >= 0.6 is 12.6 Å². The largest absolute Gasteiger partial charge is 0.377 e. The molecular formula is C13H30N2O2S. The van der Waals surface area contributed by atoms with Crippen LogP contribution in [0, 0.1) is 0 Å². The monoisotopic (exact) mass is 278 g/mol. The molecule has 2 atom stereocenters. The molecular weight excluding hydrogens is 248 g/mol. The van der Waals surface area contributed by atoms with Crippen LogP contribution in [-0.4, -0.2) is 49.9 Å². The number of hydrogen-bond acceptors (Lipinski definition) is 5. The van der Waals surface area contributed by atoms with Gasteiger partial charge in [-0.15, -0.1) is 0 Å². The second-order valence-corrected chi connectivity index (χ2v) is 7.24. The van der Waals surface area contributed by atoms with Crippen LogP contribution in [0.1, 0.15) is 34.6 Å². The van der Waals surface area contributed by atoms with Crippen LogP contribution in [0.2, 0.25) is 0 Å². The van der Waals surface area contributed by atoms with Gasteiger partial charge in [-0.2, -0.15) is 12.6 Å². The van der Waals surface area contributed by atoms with Crippen LogP contribution < -0.4 is 10.6 Å². The van der Waals surface area contributed by atoms with E-state index in [0.717, 1.165) is 6.54 Å². The second-order valence-electron chi connectivity index (χ2n) is 6.12. The third-order valence-corrected chi connectivity index (χ3v) is 2.75. The van der Waals surface area contributed by atoms with Gasteiger partial charge < -0.3 is 20.1 Å². The Labute approximate surface area is 118 Å². The summed E-state index contributed by atoms with van der Waals surface area (Å²) in [5, 5.41) is 6.75. The minimum Gasteiger partial charge on any atom is -0.377 e. The van der Waals surface area contributed by atoms with Crippen molar-refractivity contribution in [3.05, 3.63) is 0 Å². The summed E-state index contributed by atoms with van der Waals surface area (Å²) < 4.78 is 11.0. The van der Waals surface area contributed by atoms with E-state index in [1.807, 2.05) is 13.8 Å². The fourth-order valence-corrected chi connectivity index (χ4v) is 1.58. The lowest BCUT2D eigenvalue weighted by Gasteiger charge is -2.31. The molecule has 0 saturated carbocycles. The van der Waals surface area contributed by atoms with Gasteiger partial charge in [-0.05, 0) is 34.6 Å². The minimum atomic E-state index is -0.216. The molecule has 0 bridgehead atoms. The van der Waals surface area contributed by atoms with Gasteiger partial charge in [0.1, 0.15) is 0 Å². The van der Waals surface area contributed by atoms with Crippen molar-refractivity contribution in [1.82, 2.24) is 10.6 Å². The number of ether oxygens (including phenoxy) is 2. The highest BCUT2D eigenvalue weighted by atomic mass is 32.1. The van der Waals surface area contributed by atoms with Crippen LogP contribution in [0.5, 0.6) is 0 Å². The average Bonchev–Trinajstić information content (AvgIpc) is 2.20. The molecule has 0 aliphatic heterocycles. The van der Waals surface area contributed by atoms with Crippen LogP contribution in [0.15, 0.2) is 0 Å². The Morgan fingerprint density at radius 2 is 1.28 bits per heavy atom. The number of hydrogen-bond donors (Lipinski definition) is 3. The maximum Gasteiger partial charge on any atom is 0.0969 e. The Morgan fingerprint density at radius 3 is 1.56 bits per heavy atom. The molecule has 0 saturated heterocycles. The van der Waals surface area contributed by atoms with Crippen molar-refractivity contribution in [2.24, 2.45) is 0 Å². The topological polar surface area (TPSA) is 42.5 Å². The van der Waals surface area contributed by atoms with Crippen LogP contribution in [0.3, 0.4) is 0 Å². The summed E-state index contributed by atoms with van der Waals surface area (Å²) in [4.78, 5) is -0.216. The number of nitrogens with one attached hydrogen (secondary N) is 2. The van der Waals surface area contributed by atoms with E-state index in [1.165, 1.54) is 0 Å². The molecule has 110 valence electrons. The highest BCUT2D eigenvalue weighted by Gasteiger charge is 2.24. The molecule has 0 aliphatic carbocycles. The average molecular weight is 278 g/mol. The van der Waals surface area contributed by atoms with E-state index in [0.29, 0.717) is 6.54 Å². The first-order valence-electron chi connectivity index (χ1n) is 6.37. The lowest BCUT2D eigenvalue weighted by atomic mass is 10.1. The zero-order chi connectivity index (χ0) is 14.4. The molecule has 0 aromatic heterocycles. The quantitative estimate of drug-likeness (QED) is 0.467. The highest BCUT2D eigenvalue weighted by molar-refractivity contribution is 7.81. The Hall–Kier alpha value is 0.190. The van der Waals surface area contributed by atoms with E-state index < -0.39 is 0 Å². The van der Waals surface area contributed by atoms with Crippen molar-refractivity contribution >= 4 is 12.6 Å².